The largest absolute Gasteiger partial charge is 0.490 e. The van der Waals surface area contributed by atoms with Crippen molar-refractivity contribution in [1.82, 2.24) is 10.2 Å². The predicted octanol–water partition coefficient (Wildman–Crippen LogP) is 6.72. The Bertz CT molecular complexity index is 1490. The zero-order valence-electron chi connectivity index (χ0n) is 21.7. The normalized spacial score (nSPS) is 13.9. The molecule has 3 aromatic carbocycles. The summed E-state index contributed by atoms with van der Waals surface area (Å²) < 4.78 is 11.7. The average molecular weight is 603 g/mol. The number of carbonyl (C=O) groups excluding carboxylic acids is 3. The second kappa shape index (κ2) is 13.1. The highest BCUT2D eigenvalue weighted by Crippen LogP contribution is 2.38. The van der Waals surface area contributed by atoms with Crippen molar-refractivity contribution in [1.29, 1.82) is 0 Å². The quantitative estimate of drug-likeness (QED) is 0.198. The fraction of sp³-hybridized carbons (Fsp3) is 0.207. The van der Waals surface area contributed by atoms with Gasteiger partial charge in [-0.3, -0.25) is 9.59 Å². The van der Waals surface area contributed by atoms with Crippen LogP contribution in [0.4, 0.5) is 10.5 Å². The molecule has 1 saturated heterocycles. The molecule has 2 N–H and O–H groups in total. The smallest absolute Gasteiger partial charge is 0.329 e. The van der Waals surface area contributed by atoms with Crippen LogP contribution in [0.2, 0.25) is 15.1 Å². The van der Waals surface area contributed by atoms with Gasteiger partial charge < -0.3 is 20.1 Å². The lowest BCUT2D eigenvalue weighted by molar-refractivity contribution is -0.127. The van der Waals surface area contributed by atoms with Crippen molar-refractivity contribution >= 4 is 64.4 Å². The van der Waals surface area contributed by atoms with Gasteiger partial charge in [0.05, 0.1) is 21.7 Å². The number of para-hydroxylation sites is 1. The van der Waals surface area contributed by atoms with Crippen LogP contribution in [0.1, 0.15) is 30.5 Å². The van der Waals surface area contributed by atoms with Crippen LogP contribution in [0.15, 0.2) is 60.3 Å². The van der Waals surface area contributed by atoms with E-state index < -0.39 is 24.4 Å². The van der Waals surface area contributed by atoms with Crippen LogP contribution in [0, 0.1) is 0 Å². The first-order valence-corrected chi connectivity index (χ1v) is 13.6. The Morgan fingerprint density at radius 3 is 2.48 bits per heavy atom. The van der Waals surface area contributed by atoms with Gasteiger partial charge in [-0.05, 0) is 66.4 Å². The third kappa shape index (κ3) is 6.88. The second-order valence-electron chi connectivity index (χ2n) is 8.74. The van der Waals surface area contributed by atoms with Gasteiger partial charge in [-0.25, -0.2) is 9.69 Å². The fourth-order valence-corrected chi connectivity index (χ4v) is 4.62. The van der Waals surface area contributed by atoms with Gasteiger partial charge >= 0.3 is 6.03 Å². The third-order valence-electron chi connectivity index (χ3n) is 5.95. The van der Waals surface area contributed by atoms with Crippen LogP contribution in [0.3, 0.4) is 0 Å². The minimum Gasteiger partial charge on any atom is -0.490 e. The van der Waals surface area contributed by atoms with Gasteiger partial charge in [0.1, 0.15) is 18.8 Å². The van der Waals surface area contributed by atoms with Gasteiger partial charge in [0, 0.05) is 5.69 Å². The molecular formula is C29H26Cl3N3O5. The van der Waals surface area contributed by atoms with E-state index in [0.29, 0.717) is 39.4 Å². The summed E-state index contributed by atoms with van der Waals surface area (Å²) in [6.45, 7) is 3.83. The third-order valence-corrected chi connectivity index (χ3v) is 6.97. The number of amides is 4. The van der Waals surface area contributed by atoms with E-state index in [9.17, 15) is 14.4 Å². The number of halogens is 3. The molecule has 0 unspecified atom stereocenters. The van der Waals surface area contributed by atoms with E-state index in [-0.39, 0.29) is 17.3 Å². The molecule has 1 fully saturated rings. The van der Waals surface area contributed by atoms with Crippen LogP contribution >= 0.6 is 34.8 Å². The van der Waals surface area contributed by atoms with E-state index in [1.807, 2.05) is 26.0 Å². The minimum absolute atomic E-state index is 0.00486. The summed E-state index contributed by atoms with van der Waals surface area (Å²) in [6, 6.07) is 15.0. The second-order valence-corrected chi connectivity index (χ2v) is 9.96. The number of hydrogen-bond acceptors (Lipinski definition) is 5. The summed E-state index contributed by atoms with van der Waals surface area (Å²) in [5.41, 5.74) is 2.84. The topological polar surface area (TPSA) is 97.0 Å². The Labute approximate surface area is 246 Å². The Morgan fingerprint density at radius 2 is 1.75 bits per heavy atom. The van der Waals surface area contributed by atoms with Crippen LogP contribution in [0.25, 0.3) is 6.08 Å². The van der Waals surface area contributed by atoms with Crippen LogP contribution in [-0.2, 0) is 22.6 Å². The Morgan fingerprint density at radius 1 is 0.975 bits per heavy atom. The molecule has 0 spiro atoms. The van der Waals surface area contributed by atoms with Gasteiger partial charge in [-0.2, -0.15) is 0 Å². The highest BCUT2D eigenvalue weighted by Gasteiger charge is 2.35. The Kier molecular flexibility index (Phi) is 9.58. The van der Waals surface area contributed by atoms with Gasteiger partial charge in [-0.1, -0.05) is 66.0 Å². The first kappa shape index (κ1) is 29.3. The molecule has 0 saturated carbocycles. The van der Waals surface area contributed by atoms with E-state index in [4.69, 9.17) is 44.3 Å². The maximum absolute atomic E-state index is 13.0. The molecule has 40 heavy (non-hydrogen) atoms. The number of benzene rings is 3. The maximum atomic E-state index is 13.0. The number of rotatable bonds is 10. The van der Waals surface area contributed by atoms with Crippen molar-refractivity contribution in [3.05, 3.63) is 92.1 Å². The molecular weight excluding hydrogens is 577 g/mol. The monoisotopic (exact) mass is 601 g/mol. The molecule has 8 nitrogen and oxygen atoms in total. The number of aryl methyl sites for hydroxylation is 1. The fourth-order valence-electron chi connectivity index (χ4n) is 4.02. The first-order chi connectivity index (χ1) is 19.2. The number of nitrogens with one attached hydrogen (secondary N) is 2. The summed E-state index contributed by atoms with van der Waals surface area (Å²) >= 11 is 18.6. The number of urea groups is 1. The molecule has 0 aliphatic carbocycles. The number of imide groups is 1. The zero-order chi connectivity index (χ0) is 28.8. The number of carbonyl (C=O) groups is 3. The van der Waals surface area contributed by atoms with Gasteiger partial charge in [-0.15, -0.1) is 0 Å². The van der Waals surface area contributed by atoms with Crippen molar-refractivity contribution in [2.75, 3.05) is 18.5 Å². The van der Waals surface area contributed by atoms with Crippen molar-refractivity contribution in [2.45, 2.75) is 26.9 Å². The van der Waals surface area contributed by atoms with Crippen molar-refractivity contribution in [2.24, 2.45) is 0 Å². The maximum Gasteiger partial charge on any atom is 0.329 e. The van der Waals surface area contributed by atoms with Crippen LogP contribution in [0.5, 0.6) is 11.5 Å². The molecule has 0 radical (unpaired) electrons. The van der Waals surface area contributed by atoms with E-state index >= 15 is 0 Å². The molecule has 4 rings (SSSR count). The van der Waals surface area contributed by atoms with Gasteiger partial charge in [0.15, 0.2) is 11.5 Å². The first-order valence-electron chi connectivity index (χ1n) is 12.5. The lowest BCUT2D eigenvalue weighted by Gasteiger charge is -2.15. The average Bonchev–Trinajstić information content (AvgIpc) is 3.17. The standard InChI is InChI=1S/C29H26Cl3N3O5/c1-3-19-7-5-6-8-23(19)33-26(36)15-35-28(37)24(34-29(35)38)13-18-12-22(32)27(25(14-18)39-4-2)40-16-17-9-10-20(30)21(31)11-17/h5-14H,3-4,15-16H2,1-2H3,(H,33,36)(H,34,38)/b24-13+. The summed E-state index contributed by atoms with van der Waals surface area (Å²) in [7, 11) is 0. The summed E-state index contributed by atoms with van der Waals surface area (Å²) in [5, 5.41) is 6.36. The lowest BCUT2D eigenvalue weighted by Crippen LogP contribution is -2.38. The Hall–Kier alpha value is -3.72. The highest BCUT2D eigenvalue weighted by molar-refractivity contribution is 6.42. The molecule has 0 atom stereocenters. The molecule has 11 heteroatoms. The zero-order valence-corrected chi connectivity index (χ0v) is 24.0. The summed E-state index contributed by atoms with van der Waals surface area (Å²) in [4.78, 5) is 39.0. The van der Waals surface area contributed by atoms with Crippen LogP contribution < -0.4 is 20.1 Å². The molecule has 1 heterocycles. The minimum atomic E-state index is -0.701. The van der Waals surface area contributed by atoms with E-state index in [0.717, 1.165) is 22.4 Å². The summed E-state index contributed by atoms with van der Waals surface area (Å²) in [5.74, 6) is -0.470. The van der Waals surface area contributed by atoms with Crippen molar-refractivity contribution in [3.63, 3.8) is 0 Å². The van der Waals surface area contributed by atoms with E-state index in [2.05, 4.69) is 10.6 Å². The molecule has 4 amide bonds. The molecule has 1 aliphatic heterocycles. The van der Waals surface area contributed by atoms with Crippen molar-refractivity contribution in [3.8, 4) is 11.5 Å². The van der Waals surface area contributed by atoms with E-state index in [1.165, 1.54) is 6.08 Å². The lowest BCUT2D eigenvalue weighted by atomic mass is 10.1. The molecule has 208 valence electrons. The highest BCUT2D eigenvalue weighted by atomic mass is 35.5. The van der Waals surface area contributed by atoms with E-state index in [1.54, 1.807) is 42.5 Å². The number of hydrogen-bond donors (Lipinski definition) is 2. The molecule has 1 aliphatic rings. The number of ether oxygens (including phenoxy) is 2. The molecule has 0 aromatic heterocycles. The molecule has 3 aromatic rings. The molecule has 0 bridgehead atoms. The predicted molar refractivity (Wildman–Crippen MR) is 156 cm³/mol. The van der Waals surface area contributed by atoms with Crippen LogP contribution in [-0.4, -0.2) is 35.9 Å². The number of anilines is 1. The Balaban J connectivity index is 1.49. The summed E-state index contributed by atoms with van der Waals surface area (Å²) in [6.07, 6.45) is 2.18. The van der Waals surface area contributed by atoms with Gasteiger partial charge in [0.2, 0.25) is 5.91 Å². The van der Waals surface area contributed by atoms with Gasteiger partial charge in [0.25, 0.3) is 5.91 Å². The van der Waals surface area contributed by atoms with Crippen molar-refractivity contribution < 1.29 is 23.9 Å². The SMILES string of the molecule is CCOc1cc(/C=C2/NC(=O)N(CC(=O)Nc3ccccc3CC)C2=O)cc(Cl)c1OCc1ccc(Cl)c(Cl)c1. The number of nitrogens with zero attached hydrogens (tertiary/aromatic N) is 1.